The van der Waals surface area contributed by atoms with Crippen LogP contribution in [-0.2, 0) is 0 Å². The minimum atomic E-state index is -2.89. The van der Waals surface area contributed by atoms with E-state index in [1.165, 1.54) is 0 Å². The third kappa shape index (κ3) is 4.73. The summed E-state index contributed by atoms with van der Waals surface area (Å²) in [5.74, 6) is -0.00387. The van der Waals surface area contributed by atoms with Crippen molar-refractivity contribution in [3.05, 3.63) is 58.9 Å². The molecule has 1 unspecified atom stereocenters. The average molecular weight is 398 g/mol. The number of alkyl halides is 2. The predicted molar refractivity (Wildman–Crippen MR) is 101 cm³/mol. The molecule has 0 bridgehead atoms. The highest BCUT2D eigenvalue weighted by atomic mass is 35.5. The van der Waals surface area contributed by atoms with Gasteiger partial charge in [0.1, 0.15) is 5.75 Å². The number of nitrogens with one attached hydrogen (secondary N) is 1. The summed E-state index contributed by atoms with van der Waals surface area (Å²) in [6, 6.07) is 6.88. The molecule has 8 heteroatoms. The first-order chi connectivity index (χ1) is 12.5. The van der Waals surface area contributed by atoms with E-state index in [1.54, 1.807) is 43.3 Å². The molecule has 1 aliphatic heterocycles. The SMILES string of the molecule is Cc1cc(C(=O)N2CCNCC2c2cccnc2)cc(C)c1OC(F)F.Cl. The van der Waals surface area contributed by atoms with Gasteiger partial charge >= 0.3 is 6.61 Å². The fraction of sp³-hybridized carbons (Fsp3) is 0.368. The lowest BCUT2D eigenvalue weighted by Crippen LogP contribution is -2.48. The zero-order valence-corrected chi connectivity index (χ0v) is 15.9. The van der Waals surface area contributed by atoms with Crippen molar-refractivity contribution in [1.82, 2.24) is 15.2 Å². The van der Waals surface area contributed by atoms with Gasteiger partial charge in [0.25, 0.3) is 5.91 Å². The molecule has 1 aromatic heterocycles. The second-order valence-corrected chi connectivity index (χ2v) is 6.32. The minimum absolute atomic E-state index is 0. The van der Waals surface area contributed by atoms with Crippen LogP contribution in [0.25, 0.3) is 0 Å². The van der Waals surface area contributed by atoms with E-state index < -0.39 is 6.61 Å². The number of amides is 1. The number of aryl methyl sites for hydroxylation is 2. The highest BCUT2D eigenvalue weighted by Crippen LogP contribution is 2.29. The molecule has 0 radical (unpaired) electrons. The molecule has 1 aromatic carbocycles. The first-order valence-electron chi connectivity index (χ1n) is 8.45. The van der Waals surface area contributed by atoms with Crippen molar-refractivity contribution in [3.8, 4) is 5.75 Å². The van der Waals surface area contributed by atoms with Gasteiger partial charge in [-0.1, -0.05) is 6.07 Å². The molecule has 1 fully saturated rings. The maximum absolute atomic E-state index is 13.1. The summed E-state index contributed by atoms with van der Waals surface area (Å²) in [6.45, 7) is 2.34. The van der Waals surface area contributed by atoms with E-state index in [2.05, 4.69) is 15.0 Å². The molecule has 0 aliphatic carbocycles. The molecule has 0 spiro atoms. The maximum Gasteiger partial charge on any atom is 0.387 e. The number of halogens is 3. The van der Waals surface area contributed by atoms with E-state index in [0.29, 0.717) is 36.3 Å². The van der Waals surface area contributed by atoms with Gasteiger partial charge in [0.05, 0.1) is 6.04 Å². The monoisotopic (exact) mass is 397 g/mol. The van der Waals surface area contributed by atoms with Gasteiger partial charge in [-0.25, -0.2) is 0 Å². The number of rotatable bonds is 4. The highest BCUT2D eigenvalue weighted by molar-refractivity contribution is 5.95. The number of carbonyl (C=O) groups is 1. The summed E-state index contributed by atoms with van der Waals surface area (Å²) in [7, 11) is 0. The number of carbonyl (C=O) groups excluding carboxylic acids is 1. The number of ether oxygens (including phenoxy) is 1. The first kappa shape index (κ1) is 21.1. The molecular weight excluding hydrogens is 376 g/mol. The third-order valence-corrected chi connectivity index (χ3v) is 4.49. The van der Waals surface area contributed by atoms with Crippen LogP contribution >= 0.6 is 12.4 Å². The topological polar surface area (TPSA) is 54.5 Å². The van der Waals surface area contributed by atoms with Gasteiger partial charge in [0.15, 0.2) is 0 Å². The van der Waals surface area contributed by atoms with Gasteiger partial charge in [0.2, 0.25) is 0 Å². The molecule has 3 rings (SSSR count). The van der Waals surface area contributed by atoms with Gasteiger partial charge in [-0.15, -0.1) is 12.4 Å². The largest absolute Gasteiger partial charge is 0.434 e. The number of nitrogens with zero attached hydrogens (tertiary/aromatic N) is 2. The van der Waals surface area contributed by atoms with Crippen molar-refractivity contribution < 1.29 is 18.3 Å². The normalized spacial score (nSPS) is 16.8. The molecule has 2 aromatic rings. The summed E-state index contributed by atoms with van der Waals surface area (Å²) in [5, 5.41) is 3.30. The second-order valence-electron chi connectivity index (χ2n) is 6.32. The van der Waals surface area contributed by atoms with Gasteiger partial charge < -0.3 is 15.0 Å². The Bertz CT molecular complexity index is 767. The summed E-state index contributed by atoms with van der Waals surface area (Å²) < 4.78 is 29.7. The summed E-state index contributed by atoms with van der Waals surface area (Å²) >= 11 is 0. The van der Waals surface area contributed by atoms with E-state index in [-0.39, 0.29) is 30.1 Å². The van der Waals surface area contributed by atoms with Crippen LogP contribution in [0.4, 0.5) is 8.78 Å². The Hall–Kier alpha value is -2.25. The van der Waals surface area contributed by atoms with E-state index in [4.69, 9.17) is 0 Å². The van der Waals surface area contributed by atoms with Gasteiger partial charge in [0, 0.05) is 37.6 Å². The molecule has 27 heavy (non-hydrogen) atoms. The fourth-order valence-electron chi connectivity index (χ4n) is 3.33. The van der Waals surface area contributed by atoms with Crippen LogP contribution in [0.2, 0.25) is 0 Å². The van der Waals surface area contributed by atoms with Crippen LogP contribution in [-0.4, -0.2) is 42.0 Å². The zero-order chi connectivity index (χ0) is 18.7. The Kier molecular flexibility index (Phi) is 7.10. The van der Waals surface area contributed by atoms with Gasteiger partial charge in [-0.05, 0) is 48.7 Å². The molecule has 146 valence electrons. The van der Waals surface area contributed by atoms with E-state index in [1.807, 2.05) is 12.1 Å². The van der Waals surface area contributed by atoms with Crippen molar-refractivity contribution in [2.75, 3.05) is 19.6 Å². The quantitative estimate of drug-likeness (QED) is 0.857. The highest BCUT2D eigenvalue weighted by Gasteiger charge is 2.29. The molecule has 1 aliphatic rings. The van der Waals surface area contributed by atoms with Gasteiger partial charge in [-0.2, -0.15) is 8.78 Å². The summed E-state index contributed by atoms with van der Waals surface area (Å²) in [4.78, 5) is 19.1. The second kappa shape index (κ2) is 9.10. The molecule has 1 saturated heterocycles. The number of aromatic nitrogens is 1. The van der Waals surface area contributed by atoms with Crippen LogP contribution in [0.3, 0.4) is 0 Å². The Morgan fingerprint density at radius 2 is 2.04 bits per heavy atom. The molecule has 1 amide bonds. The molecule has 1 N–H and O–H groups in total. The predicted octanol–water partition coefficient (Wildman–Crippen LogP) is 3.51. The Labute approximate surface area is 163 Å². The van der Waals surface area contributed by atoms with Crippen LogP contribution < -0.4 is 10.1 Å². The number of pyridine rings is 1. The Morgan fingerprint density at radius 1 is 1.33 bits per heavy atom. The summed E-state index contributed by atoms with van der Waals surface area (Å²) in [6.07, 6.45) is 3.45. The smallest absolute Gasteiger partial charge is 0.387 e. The van der Waals surface area contributed by atoms with E-state index >= 15 is 0 Å². The lowest BCUT2D eigenvalue weighted by molar-refractivity contribution is -0.0507. The van der Waals surface area contributed by atoms with Crippen molar-refractivity contribution >= 4 is 18.3 Å². The molecule has 1 atom stereocenters. The van der Waals surface area contributed by atoms with Crippen molar-refractivity contribution in [2.24, 2.45) is 0 Å². The standard InChI is InChI=1S/C19H21F2N3O2.ClH/c1-12-8-15(9-13(2)17(12)26-19(20)21)18(25)24-7-6-23-11-16(24)14-4-3-5-22-10-14;/h3-5,8-10,16,19,23H,6-7,11H2,1-2H3;1H. The Balaban J connectivity index is 0.00000261. The molecular formula is C19H22ClF2N3O2. The number of benzene rings is 1. The van der Waals surface area contributed by atoms with E-state index in [0.717, 1.165) is 5.56 Å². The van der Waals surface area contributed by atoms with Crippen molar-refractivity contribution in [3.63, 3.8) is 0 Å². The molecule has 2 heterocycles. The van der Waals surface area contributed by atoms with Crippen LogP contribution in [0.1, 0.15) is 33.1 Å². The molecule has 0 saturated carbocycles. The van der Waals surface area contributed by atoms with Crippen LogP contribution in [0.15, 0.2) is 36.7 Å². The van der Waals surface area contributed by atoms with Gasteiger partial charge in [-0.3, -0.25) is 9.78 Å². The van der Waals surface area contributed by atoms with Crippen molar-refractivity contribution in [1.29, 1.82) is 0 Å². The first-order valence-corrected chi connectivity index (χ1v) is 8.45. The summed E-state index contributed by atoms with van der Waals surface area (Å²) in [5.41, 5.74) is 2.46. The third-order valence-electron chi connectivity index (χ3n) is 4.49. The van der Waals surface area contributed by atoms with E-state index in [9.17, 15) is 13.6 Å². The number of hydrogen-bond acceptors (Lipinski definition) is 4. The Morgan fingerprint density at radius 3 is 2.63 bits per heavy atom. The zero-order valence-electron chi connectivity index (χ0n) is 15.1. The minimum Gasteiger partial charge on any atom is -0.434 e. The number of piperazine rings is 1. The molecule has 5 nitrogen and oxygen atoms in total. The van der Waals surface area contributed by atoms with Crippen LogP contribution in [0.5, 0.6) is 5.75 Å². The van der Waals surface area contributed by atoms with Crippen LogP contribution in [0, 0.1) is 13.8 Å². The fourth-order valence-corrected chi connectivity index (χ4v) is 3.33. The number of hydrogen-bond donors (Lipinski definition) is 1. The lowest BCUT2D eigenvalue weighted by atomic mass is 10.0. The van der Waals surface area contributed by atoms with Crippen molar-refractivity contribution in [2.45, 2.75) is 26.5 Å². The average Bonchev–Trinajstić information content (AvgIpc) is 2.64. The lowest BCUT2D eigenvalue weighted by Gasteiger charge is -2.36. The maximum atomic E-state index is 13.1.